The van der Waals surface area contributed by atoms with Gasteiger partial charge in [-0.2, -0.15) is 0 Å². The molecule has 1 aliphatic rings. The number of ether oxygens (including phenoxy) is 2. The van der Waals surface area contributed by atoms with Gasteiger partial charge in [0, 0.05) is 12.1 Å². The molecule has 0 heterocycles. The number of hydrogen-bond acceptors (Lipinski definition) is 3. The van der Waals surface area contributed by atoms with Crippen molar-refractivity contribution in [2.45, 2.75) is 71.1 Å². The van der Waals surface area contributed by atoms with Crippen molar-refractivity contribution in [3.63, 3.8) is 0 Å². The van der Waals surface area contributed by atoms with Crippen LogP contribution < -0.4 is 9.47 Å². The Morgan fingerprint density at radius 2 is 1.45 bits per heavy atom. The van der Waals surface area contributed by atoms with Gasteiger partial charge in [0.05, 0.1) is 12.2 Å². The highest BCUT2D eigenvalue weighted by molar-refractivity contribution is 5.91. The van der Waals surface area contributed by atoms with Gasteiger partial charge in [0.15, 0.2) is 17.5 Å². The Labute approximate surface area is 194 Å². The van der Waals surface area contributed by atoms with Crippen LogP contribution in [0.15, 0.2) is 36.4 Å². The topological polar surface area (TPSA) is 35.5 Å². The predicted molar refractivity (Wildman–Crippen MR) is 122 cm³/mol. The number of unbranched alkanes of at least 4 members (excludes halogenated alkanes) is 4. The molecular formula is C27H33F3O3. The summed E-state index contributed by atoms with van der Waals surface area (Å²) < 4.78 is 50.4. The van der Waals surface area contributed by atoms with E-state index < -0.39 is 29.2 Å². The SMILES string of the molecule is CCCCCCC[C@H]1CC[C@H](COc2ccc(C(=O)Oc3cc(F)c(F)c(F)c3)cc2)CC1. The number of carbonyl (C=O) groups excluding carboxylic acids is 1. The van der Waals surface area contributed by atoms with Crippen molar-refractivity contribution in [2.75, 3.05) is 6.61 Å². The first-order chi connectivity index (χ1) is 16.0. The molecule has 6 heteroatoms. The van der Waals surface area contributed by atoms with Gasteiger partial charge in [0.25, 0.3) is 0 Å². The average Bonchev–Trinajstić information content (AvgIpc) is 2.82. The fraction of sp³-hybridized carbons (Fsp3) is 0.519. The summed E-state index contributed by atoms with van der Waals surface area (Å²) in [6, 6.07) is 7.67. The summed E-state index contributed by atoms with van der Waals surface area (Å²) in [5.41, 5.74) is 0.201. The zero-order valence-corrected chi connectivity index (χ0v) is 19.3. The Hall–Kier alpha value is -2.50. The third kappa shape index (κ3) is 7.79. The van der Waals surface area contributed by atoms with Gasteiger partial charge in [-0.15, -0.1) is 0 Å². The molecule has 33 heavy (non-hydrogen) atoms. The molecule has 0 aliphatic heterocycles. The van der Waals surface area contributed by atoms with Crippen LogP contribution in [0.4, 0.5) is 13.2 Å². The highest BCUT2D eigenvalue weighted by atomic mass is 19.2. The minimum Gasteiger partial charge on any atom is -0.493 e. The van der Waals surface area contributed by atoms with Gasteiger partial charge in [-0.25, -0.2) is 18.0 Å². The smallest absolute Gasteiger partial charge is 0.343 e. The Morgan fingerprint density at radius 1 is 0.848 bits per heavy atom. The highest BCUT2D eigenvalue weighted by Gasteiger charge is 2.21. The third-order valence-corrected chi connectivity index (χ3v) is 6.43. The number of halogens is 3. The molecule has 3 rings (SSSR count). The second kappa shape index (κ2) is 12.7. The van der Waals surface area contributed by atoms with E-state index >= 15 is 0 Å². The van der Waals surface area contributed by atoms with Crippen LogP contribution in [0.3, 0.4) is 0 Å². The van der Waals surface area contributed by atoms with E-state index in [0.717, 1.165) is 5.92 Å². The Balaban J connectivity index is 1.39. The number of rotatable bonds is 11. The second-order valence-corrected chi connectivity index (χ2v) is 9.02. The first-order valence-corrected chi connectivity index (χ1v) is 12.1. The van der Waals surface area contributed by atoms with Crippen LogP contribution in [0.5, 0.6) is 11.5 Å². The summed E-state index contributed by atoms with van der Waals surface area (Å²) in [6.45, 7) is 2.90. The Morgan fingerprint density at radius 3 is 2.09 bits per heavy atom. The molecular weight excluding hydrogens is 429 g/mol. The third-order valence-electron chi connectivity index (χ3n) is 6.43. The van der Waals surface area contributed by atoms with Gasteiger partial charge >= 0.3 is 5.97 Å². The molecule has 0 aromatic heterocycles. The lowest BCUT2D eigenvalue weighted by Gasteiger charge is -2.28. The average molecular weight is 463 g/mol. The van der Waals surface area contributed by atoms with E-state index in [4.69, 9.17) is 9.47 Å². The molecule has 0 saturated heterocycles. The molecule has 0 radical (unpaired) electrons. The molecule has 2 aromatic rings. The first-order valence-electron chi connectivity index (χ1n) is 12.1. The maximum atomic E-state index is 13.3. The predicted octanol–water partition coefficient (Wildman–Crippen LogP) is 7.87. The molecule has 0 unspecified atom stereocenters. The quantitative estimate of drug-likeness (QED) is 0.148. The van der Waals surface area contributed by atoms with E-state index in [-0.39, 0.29) is 5.56 Å². The monoisotopic (exact) mass is 462 g/mol. The van der Waals surface area contributed by atoms with E-state index in [9.17, 15) is 18.0 Å². The van der Waals surface area contributed by atoms with Gasteiger partial charge in [0.1, 0.15) is 11.5 Å². The van der Waals surface area contributed by atoms with Gasteiger partial charge < -0.3 is 9.47 Å². The van der Waals surface area contributed by atoms with E-state index in [1.807, 2.05) is 0 Å². The first kappa shape index (κ1) is 25.1. The number of carbonyl (C=O) groups is 1. The number of hydrogen-bond donors (Lipinski definition) is 0. The van der Waals surface area contributed by atoms with Crippen molar-refractivity contribution in [3.05, 3.63) is 59.4 Å². The minimum atomic E-state index is -1.60. The molecule has 3 nitrogen and oxygen atoms in total. The van der Waals surface area contributed by atoms with Crippen molar-refractivity contribution in [3.8, 4) is 11.5 Å². The summed E-state index contributed by atoms with van der Waals surface area (Å²) in [5, 5.41) is 0. The van der Waals surface area contributed by atoms with Crippen molar-refractivity contribution in [1.82, 2.24) is 0 Å². The lowest BCUT2D eigenvalue weighted by Crippen LogP contribution is -2.20. The molecule has 0 atom stereocenters. The fourth-order valence-electron chi connectivity index (χ4n) is 4.38. The van der Waals surface area contributed by atoms with Crippen molar-refractivity contribution in [1.29, 1.82) is 0 Å². The molecule has 0 bridgehead atoms. The molecule has 2 aromatic carbocycles. The Kier molecular flexibility index (Phi) is 9.64. The number of esters is 1. The summed E-state index contributed by atoms with van der Waals surface area (Å²) in [7, 11) is 0. The molecule has 0 amide bonds. The van der Waals surface area contributed by atoms with Gasteiger partial charge in [-0.05, 0) is 48.9 Å². The Bertz CT molecular complexity index is 867. The van der Waals surface area contributed by atoms with Gasteiger partial charge in [0.2, 0.25) is 0 Å². The lowest BCUT2D eigenvalue weighted by molar-refractivity contribution is 0.0733. The molecule has 1 fully saturated rings. The van der Waals surface area contributed by atoms with Crippen molar-refractivity contribution < 1.29 is 27.4 Å². The standard InChI is InChI=1S/C27H33F3O3/c1-2-3-4-5-6-7-19-8-10-20(11-9-19)18-32-22-14-12-21(13-15-22)27(31)33-23-16-24(28)26(30)25(29)17-23/h12-17,19-20H,2-11,18H2,1H3/t19-,20-. The molecule has 0 N–H and O–H groups in total. The molecule has 0 spiro atoms. The largest absolute Gasteiger partial charge is 0.493 e. The second-order valence-electron chi connectivity index (χ2n) is 9.02. The van der Waals surface area contributed by atoms with E-state index in [0.29, 0.717) is 30.4 Å². The highest BCUT2D eigenvalue weighted by Crippen LogP contribution is 2.32. The lowest BCUT2D eigenvalue weighted by atomic mass is 9.80. The zero-order valence-electron chi connectivity index (χ0n) is 19.3. The maximum absolute atomic E-state index is 13.3. The summed E-state index contributed by atoms with van der Waals surface area (Å²) in [6.07, 6.45) is 13.0. The zero-order chi connectivity index (χ0) is 23.6. The van der Waals surface area contributed by atoms with Crippen LogP contribution in [0.1, 0.15) is 81.5 Å². The van der Waals surface area contributed by atoms with Crippen molar-refractivity contribution >= 4 is 5.97 Å². The van der Waals surface area contributed by atoms with E-state index in [1.54, 1.807) is 12.1 Å². The number of benzene rings is 2. The van der Waals surface area contributed by atoms with E-state index in [1.165, 1.54) is 76.3 Å². The van der Waals surface area contributed by atoms with Crippen molar-refractivity contribution in [2.24, 2.45) is 11.8 Å². The fourth-order valence-corrected chi connectivity index (χ4v) is 4.38. The van der Waals surface area contributed by atoms with Gasteiger partial charge in [-0.3, -0.25) is 0 Å². The summed E-state index contributed by atoms with van der Waals surface area (Å²) >= 11 is 0. The van der Waals surface area contributed by atoms with Crippen LogP contribution in [0.25, 0.3) is 0 Å². The van der Waals surface area contributed by atoms with Crippen LogP contribution in [-0.2, 0) is 0 Å². The van der Waals surface area contributed by atoms with Crippen LogP contribution >= 0.6 is 0 Å². The molecule has 1 aliphatic carbocycles. The normalized spacial score (nSPS) is 18.2. The summed E-state index contributed by atoms with van der Waals surface area (Å²) in [5.74, 6) is -3.56. The van der Waals surface area contributed by atoms with E-state index in [2.05, 4.69) is 6.92 Å². The van der Waals surface area contributed by atoms with Crippen LogP contribution in [0.2, 0.25) is 0 Å². The van der Waals surface area contributed by atoms with Gasteiger partial charge in [-0.1, -0.05) is 58.3 Å². The molecule has 1 saturated carbocycles. The minimum absolute atomic E-state index is 0.201. The van der Waals surface area contributed by atoms with Crippen LogP contribution in [-0.4, -0.2) is 12.6 Å². The molecule has 180 valence electrons. The maximum Gasteiger partial charge on any atom is 0.343 e. The van der Waals surface area contributed by atoms with Crippen LogP contribution in [0, 0.1) is 29.3 Å². The summed E-state index contributed by atoms with van der Waals surface area (Å²) in [4.78, 5) is 12.2.